The summed E-state index contributed by atoms with van der Waals surface area (Å²) in [5, 5.41) is 1.48. The molecule has 0 radical (unpaired) electrons. The molecule has 0 spiro atoms. The van der Waals surface area contributed by atoms with Crippen molar-refractivity contribution in [2.45, 2.75) is 31.6 Å². The van der Waals surface area contributed by atoms with Gasteiger partial charge in [-0.25, -0.2) is 0 Å². The molecule has 0 aliphatic heterocycles. The Bertz CT molecular complexity index is 611. The number of hydrogen-bond acceptors (Lipinski definition) is 2. The summed E-state index contributed by atoms with van der Waals surface area (Å²) in [5.74, 6) is 0. The predicted octanol–water partition coefficient (Wildman–Crippen LogP) is 5.28. The molecule has 2 N–H and O–H groups in total. The zero-order valence-electron chi connectivity index (χ0n) is 12.9. The number of hydrogen-bond donors (Lipinski definition) is 1. The first kappa shape index (κ1) is 16.9. The van der Waals surface area contributed by atoms with E-state index in [0.717, 1.165) is 11.4 Å². The molecule has 2 rings (SSSR count). The lowest BCUT2D eigenvalue weighted by molar-refractivity contribution is 0.718. The number of amidine groups is 1. The maximum atomic E-state index is 6.14. The van der Waals surface area contributed by atoms with Crippen LogP contribution >= 0.6 is 23.4 Å². The largest absolute Gasteiger partial charge is 0.379 e. The average molecular weight is 333 g/mol. The summed E-state index contributed by atoms with van der Waals surface area (Å²) < 4.78 is 0. The van der Waals surface area contributed by atoms with Gasteiger partial charge in [0.05, 0.1) is 5.25 Å². The van der Waals surface area contributed by atoms with Crippen LogP contribution in [0, 0.1) is 0 Å². The lowest BCUT2D eigenvalue weighted by atomic mass is 10.0. The van der Waals surface area contributed by atoms with E-state index >= 15 is 0 Å². The highest BCUT2D eigenvalue weighted by atomic mass is 35.5. The Kier molecular flexibility index (Phi) is 6.34. The van der Waals surface area contributed by atoms with Gasteiger partial charge in [-0.2, -0.15) is 0 Å². The average Bonchev–Trinajstić information content (AvgIpc) is 2.54. The van der Waals surface area contributed by atoms with E-state index in [4.69, 9.17) is 17.3 Å². The number of benzene rings is 2. The van der Waals surface area contributed by atoms with Gasteiger partial charge in [0.25, 0.3) is 0 Å². The van der Waals surface area contributed by atoms with E-state index in [1.54, 1.807) is 11.8 Å². The Balaban J connectivity index is 2.30. The Morgan fingerprint density at radius 1 is 1.09 bits per heavy atom. The van der Waals surface area contributed by atoms with Crippen molar-refractivity contribution in [3.8, 4) is 0 Å². The molecule has 4 heteroatoms. The maximum absolute atomic E-state index is 6.14. The SMILES string of the molecule is CC[C@H](C)N=C(N)S[C@@H](c1ccccc1)c1ccc(Cl)cc1. The van der Waals surface area contributed by atoms with Gasteiger partial charge in [-0.15, -0.1) is 0 Å². The number of thioether (sulfide) groups is 1. The maximum Gasteiger partial charge on any atom is 0.155 e. The second-order valence-electron chi connectivity index (χ2n) is 5.18. The molecule has 0 fully saturated rings. The van der Waals surface area contributed by atoms with Crippen LogP contribution in [-0.4, -0.2) is 11.2 Å². The van der Waals surface area contributed by atoms with Crippen LogP contribution in [-0.2, 0) is 0 Å². The van der Waals surface area contributed by atoms with Gasteiger partial charge in [0.1, 0.15) is 0 Å². The molecule has 2 nitrogen and oxygen atoms in total. The van der Waals surface area contributed by atoms with Crippen LogP contribution in [0.15, 0.2) is 59.6 Å². The zero-order valence-corrected chi connectivity index (χ0v) is 14.4. The lowest BCUT2D eigenvalue weighted by Crippen LogP contribution is -2.13. The monoisotopic (exact) mass is 332 g/mol. The minimum Gasteiger partial charge on any atom is -0.379 e. The van der Waals surface area contributed by atoms with Crippen molar-refractivity contribution >= 4 is 28.5 Å². The smallest absolute Gasteiger partial charge is 0.155 e. The molecule has 0 unspecified atom stereocenters. The fourth-order valence-electron chi connectivity index (χ4n) is 2.05. The first-order chi connectivity index (χ1) is 10.6. The van der Waals surface area contributed by atoms with Crippen molar-refractivity contribution < 1.29 is 0 Å². The van der Waals surface area contributed by atoms with Crippen LogP contribution in [0.25, 0.3) is 0 Å². The highest BCUT2D eigenvalue weighted by molar-refractivity contribution is 8.14. The van der Waals surface area contributed by atoms with E-state index < -0.39 is 0 Å². The fraction of sp³-hybridized carbons (Fsp3) is 0.278. The summed E-state index contributed by atoms with van der Waals surface area (Å²) in [6.45, 7) is 4.19. The predicted molar refractivity (Wildman–Crippen MR) is 98.7 cm³/mol. The van der Waals surface area contributed by atoms with Crippen LogP contribution in [0.5, 0.6) is 0 Å². The van der Waals surface area contributed by atoms with E-state index in [1.165, 1.54) is 11.1 Å². The zero-order chi connectivity index (χ0) is 15.9. The molecule has 0 aromatic heterocycles. The number of nitrogens with two attached hydrogens (primary N) is 1. The number of nitrogens with zero attached hydrogens (tertiary/aromatic N) is 1. The molecule has 0 amide bonds. The molecule has 116 valence electrons. The molecule has 0 saturated carbocycles. The molecule has 2 atom stereocenters. The molecule has 0 bridgehead atoms. The molecule has 0 saturated heterocycles. The third-order valence-electron chi connectivity index (χ3n) is 3.45. The lowest BCUT2D eigenvalue weighted by Gasteiger charge is -2.18. The third-order valence-corrected chi connectivity index (χ3v) is 4.83. The molecule has 0 aliphatic rings. The summed E-state index contributed by atoms with van der Waals surface area (Å²) in [5.41, 5.74) is 8.52. The van der Waals surface area contributed by atoms with Gasteiger partial charge in [0.15, 0.2) is 5.17 Å². The van der Waals surface area contributed by atoms with E-state index in [-0.39, 0.29) is 11.3 Å². The van der Waals surface area contributed by atoms with E-state index in [1.807, 2.05) is 42.5 Å². The third kappa shape index (κ3) is 4.79. The minimum atomic E-state index is 0.117. The van der Waals surface area contributed by atoms with Gasteiger partial charge in [0.2, 0.25) is 0 Å². The second-order valence-corrected chi connectivity index (χ2v) is 6.75. The van der Waals surface area contributed by atoms with Crippen LogP contribution in [0.1, 0.15) is 36.6 Å². The topological polar surface area (TPSA) is 38.4 Å². The highest BCUT2D eigenvalue weighted by Gasteiger charge is 2.17. The Hall–Kier alpha value is -1.45. The van der Waals surface area contributed by atoms with Crippen molar-refractivity contribution in [3.05, 3.63) is 70.7 Å². The number of halogens is 1. The molecular formula is C18H21ClN2S. The summed E-state index contributed by atoms with van der Waals surface area (Å²) in [7, 11) is 0. The normalized spacial score (nSPS) is 14.6. The van der Waals surface area contributed by atoms with E-state index in [0.29, 0.717) is 5.17 Å². The van der Waals surface area contributed by atoms with E-state index in [9.17, 15) is 0 Å². The number of aliphatic imine (C=N–C) groups is 1. The fourth-order valence-corrected chi connectivity index (χ4v) is 3.25. The minimum absolute atomic E-state index is 0.117. The van der Waals surface area contributed by atoms with Crippen LogP contribution in [0.2, 0.25) is 5.02 Å². The van der Waals surface area contributed by atoms with Gasteiger partial charge in [-0.1, -0.05) is 72.8 Å². The highest BCUT2D eigenvalue weighted by Crippen LogP contribution is 2.36. The molecule has 0 heterocycles. The molecular weight excluding hydrogens is 312 g/mol. The van der Waals surface area contributed by atoms with Crippen LogP contribution < -0.4 is 5.73 Å². The molecule has 22 heavy (non-hydrogen) atoms. The summed E-state index contributed by atoms with van der Waals surface area (Å²) in [6, 6.07) is 18.5. The van der Waals surface area contributed by atoms with Crippen molar-refractivity contribution in [1.29, 1.82) is 0 Å². The molecule has 2 aromatic rings. The number of rotatable bonds is 5. The van der Waals surface area contributed by atoms with Gasteiger partial charge in [0, 0.05) is 11.1 Å². The Morgan fingerprint density at radius 2 is 1.68 bits per heavy atom. The standard InChI is InChI=1S/C18H21ClN2S/c1-3-13(2)21-18(20)22-17(14-7-5-4-6-8-14)15-9-11-16(19)12-10-15/h4-13,17H,3H2,1-2H3,(H2,20,21)/t13-,17-/m0/s1. The molecule has 0 aliphatic carbocycles. The van der Waals surface area contributed by atoms with Gasteiger partial charge < -0.3 is 5.73 Å². The van der Waals surface area contributed by atoms with Crippen LogP contribution in [0.4, 0.5) is 0 Å². The van der Waals surface area contributed by atoms with Crippen molar-refractivity contribution in [3.63, 3.8) is 0 Å². The van der Waals surface area contributed by atoms with E-state index in [2.05, 4.69) is 31.0 Å². The summed E-state index contributed by atoms with van der Waals surface area (Å²) >= 11 is 7.59. The summed E-state index contributed by atoms with van der Waals surface area (Å²) in [6.07, 6.45) is 0.984. The Morgan fingerprint density at radius 3 is 2.27 bits per heavy atom. The quantitative estimate of drug-likeness (QED) is 0.598. The van der Waals surface area contributed by atoms with Crippen molar-refractivity contribution in [2.24, 2.45) is 10.7 Å². The van der Waals surface area contributed by atoms with Gasteiger partial charge in [-0.3, -0.25) is 4.99 Å². The molecule has 2 aromatic carbocycles. The van der Waals surface area contributed by atoms with Gasteiger partial charge in [-0.05, 0) is 36.6 Å². The van der Waals surface area contributed by atoms with Crippen LogP contribution in [0.3, 0.4) is 0 Å². The Labute approximate surface area is 141 Å². The second kappa shape index (κ2) is 8.25. The first-order valence-corrected chi connectivity index (χ1v) is 8.66. The van der Waals surface area contributed by atoms with Gasteiger partial charge >= 0.3 is 0 Å². The summed E-state index contributed by atoms with van der Waals surface area (Å²) in [4.78, 5) is 4.54. The van der Waals surface area contributed by atoms with Crippen molar-refractivity contribution in [1.82, 2.24) is 0 Å². The first-order valence-electron chi connectivity index (χ1n) is 7.40. The van der Waals surface area contributed by atoms with Crippen molar-refractivity contribution in [2.75, 3.05) is 0 Å².